The number of carbonyl (C=O) groups excluding carboxylic acids is 1. The van der Waals surface area contributed by atoms with Gasteiger partial charge in [-0.15, -0.1) is 0 Å². The average Bonchev–Trinajstić information content (AvgIpc) is 2.68. The molecule has 0 spiro atoms. The zero-order chi connectivity index (χ0) is 18.4. The molecule has 1 aliphatic rings. The highest BCUT2D eigenvalue weighted by Crippen LogP contribution is 2.15. The van der Waals surface area contributed by atoms with Crippen LogP contribution in [-0.4, -0.2) is 62.5 Å². The number of amides is 1. The Morgan fingerprint density at radius 3 is 2.23 bits per heavy atom. The fourth-order valence-electron chi connectivity index (χ4n) is 3.16. The van der Waals surface area contributed by atoms with Gasteiger partial charge in [-0.3, -0.25) is 9.69 Å². The van der Waals surface area contributed by atoms with E-state index in [9.17, 15) is 4.79 Å². The molecule has 2 aromatic rings. The van der Waals surface area contributed by atoms with Crippen molar-refractivity contribution in [3.8, 4) is 0 Å². The number of hydrogen-bond acceptors (Lipinski definition) is 4. The summed E-state index contributed by atoms with van der Waals surface area (Å²) >= 11 is 0. The van der Waals surface area contributed by atoms with Crippen LogP contribution in [-0.2, 0) is 11.3 Å². The Morgan fingerprint density at radius 2 is 1.62 bits per heavy atom. The predicted molar refractivity (Wildman–Crippen MR) is 108 cm³/mol. The maximum atomic E-state index is 12.4. The summed E-state index contributed by atoms with van der Waals surface area (Å²) in [6.45, 7) is 4.76. The molecular weight excluding hydrogens is 324 g/mol. The fourth-order valence-corrected chi connectivity index (χ4v) is 3.16. The number of carbonyl (C=O) groups is 1. The largest absolute Gasteiger partial charge is 0.378 e. The van der Waals surface area contributed by atoms with Crippen LogP contribution in [0.25, 0.3) is 0 Å². The van der Waals surface area contributed by atoms with Gasteiger partial charge in [0.2, 0.25) is 5.91 Å². The molecular formula is C21H28N4O. The number of anilines is 2. The van der Waals surface area contributed by atoms with Crippen LogP contribution in [0.15, 0.2) is 54.6 Å². The topological polar surface area (TPSA) is 38.8 Å². The van der Waals surface area contributed by atoms with Crippen molar-refractivity contribution < 1.29 is 4.79 Å². The van der Waals surface area contributed by atoms with Crippen molar-refractivity contribution in [1.82, 2.24) is 9.80 Å². The quantitative estimate of drug-likeness (QED) is 0.867. The van der Waals surface area contributed by atoms with Gasteiger partial charge in [0.1, 0.15) is 0 Å². The van der Waals surface area contributed by atoms with Gasteiger partial charge in [-0.1, -0.05) is 30.3 Å². The van der Waals surface area contributed by atoms with E-state index in [4.69, 9.17) is 0 Å². The first-order chi connectivity index (χ1) is 12.6. The van der Waals surface area contributed by atoms with E-state index in [1.54, 1.807) is 0 Å². The number of hydrogen-bond donors (Lipinski definition) is 1. The summed E-state index contributed by atoms with van der Waals surface area (Å²) in [5.41, 5.74) is 3.46. The summed E-state index contributed by atoms with van der Waals surface area (Å²) < 4.78 is 0. The molecule has 138 valence electrons. The lowest BCUT2D eigenvalue weighted by atomic mass is 10.2. The molecule has 5 nitrogen and oxygen atoms in total. The van der Waals surface area contributed by atoms with Gasteiger partial charge in [0.25, 0.3) is 0 Å². The molecule has 0 saturated carbocycles. The smallest absolute Gasteiger partial charge is 0.241 e. The minimum absolute atomic E-state index is 0.168. The van der Waals surface area contributed by atoms with E-state index in [1.165, 1.54) is 5.56 Å². The molecule has 1 N–H and O–H groups in total. The summed E-state index contributed by atoms with van der Waals surface area (Å²) in [6, 6.07) is 18.6. The summed E-state index contributed by atoms with van der Waals surface area (Å²) in [5, 5.41) is 3.24. The molecule has 0 radical (unpaired) electrons. The second-order valence-electron chi connectivity index (χ2n) is 6.94. The maximum Gasteiger partial charge on any atom is 0.241 e. The minimum Gasteiger partial charge on any atom is -0.378 e. The minimum atomic E-state index is 0.168. The third-order valence-electron chi connectivity index (χ3n) is 4.80. The molecule has 0 bridgehead atoms. The number of benzene rings is 2. The van der Waals surface area contributed by atoms with Gasteiger partial charge in [-0.25, -0.2) is 0 Å². The van der Waals surface area contributed by atoms with Crippen molar-refractivity contribution in [2.24, 2.45) is 0 Å². The molecule has 0 unspecified atom stereocenters. The van der Waals surface area contributed by atoms with Crippen LogP contribution in [0.2, 0.25) is 0 Å². The lowest BCUT2D eigenvalue weighted by molar-refractivity contribution is -0.131. The lowest BCUT2D eigenvalue weighted by Crippen LogP contribution is -2.49. The lowest BCUT2D eigenvalue weighted by Gasteiger charge is -2.34. The van der Waals surface area contributed by atoms with Gasteiger partial charge in [0, 0.05) is 58.2 Å². The monoisotopic (exact) mass is 352 g/mol. The first kappa shape index (κ1) is 18.3. The molecule has 1 amide bonds. The molecule has 1 heterocycles. The first-order valence-corrected chi connectivity index (χ1v) is 9.17. The van der Waals surface area contributed by atoms with E-state index in [0.717, 1.165) is 44.1 Å². The Morgan fingerprint density at radius 1 is 0.962 bits per heavy atom. The Balaban J connectivity index is 1.42. The van der Waals surface area contributed by atoms with Crippen molar-refractivity contribution in [1.29, 1.82) is 0 Å². The standard InChI is InChI=1S/C21H28N4O/c1-23(2)20-10-8-19(9-11-20)22-16-21(26)25-14-12-24(13-15-25)17-18-6-4-3-5-7-18/h3-11,22H,12-17H2,1-2H3. The third-order valence-corrected chi connectivity index (χ3v) is 4.80. The number of piperazine rings is 1. The van der Waals surface area contributed by atoms with Crippen LogP contribution in [0.5, 0.6) is 0 Å². The fraction of sp³-hybridized carbons (Fsp3) is 0.381. The van der Waals surface area contributed by atoms with E-state index in [1.807, 2.05) is 37.2 Å². The van der Waals surface area contributed by atoms with E-state index in [-0.39, 0.29) is 5.91 Å². The van der Waals surface area contributed by atoms with Crippen molar-refractivity contribution in [2.75, 3.05) is 57.0 Å². The van der Waals surface area contributed by atoms with E-state index in [0.29, 0.717) is 6.54 Å². The zero-order valence-corrected chi connectivity index (χ0v) is 15.7. The van der Waals surface area contributed by atoms with Gasteiger partial charge in [-0.2, -0.15) is 0 Å². The molecule has 5 heteroatoms. The number of nitrogens with zero attached hydrogens (tertiary/aromatic N) is 3. The Kier molecular flexibility index (Phi) is 6.12. The highest BCUT2D eigenvalue weighted by Gasteiger charge is 2.20. The van der Waals surface area contributed by atoms with Crippen molar-refractivity contribution in [3.63, 3.8) is 0 Å². The SMILES string of the molecule is CN(C)c1ccc(NCC(=O)N2CCN(Cc3ccccc3)CC2)cc1. The Labute approximate surface area is 156 Å². The summed E-state index contributed by atoms with van der Waals surface area (Å²) in [7, 11) is 4.03. The molecule has 26 heavy (non-hydrogen) atoms. The van der Waals surface area contributed by atoms with Crippen LogP contribution in [0.3, 0.4) is 0 Å². The summed E-state index contributed by atoms with van der Waals surface area (Å²) in [6.07, 6.45) is 0. The van der Waals surface area contributed by atoms with Crippen LogP contribution in [0.4, 0.5) is 11.4 Å². The third kappa shape index (κ3) is 4.99. The average molecular weight is 352 g/mol. The van der Waals surface area contributed by atoms with Crippen LogP contribution in [0.1, 0.15) is 5.56 Å². The second-order valence-corrected chi connectivity index (χ2v) is 6.94. The molecule has 0 aromatic heterocycles. The van der Waals surface area contributed by atoms with Crippen molar-refractivity contribution in [3.05, 3.63) is 60.2 Å². The van der Waals surface area contributed by atoms with Crippen LogP contribution in [0, 0.1) is 0 Å². The van der Waals surface area contributed by atoms with Gasteiger partial charge in [0.15, 0.2) is 0 Å². The maximum absolute atomic E-state index is 12.4. The molecule has 1 aliphatic heterocycles. The van der Waals surface area contributed by atoms with Gasteiger partial charge >= 0.3 is 0 Å². The van der Waals surface area contributed by atoms with Crippen molar-refractivity contribution in [2.45, 2.75) is 6.54 Å². The Hall–Kier alpha value is -2.53. The molecule has 3 rings (SSSR count). The summed E-state index contributed by atoms with van der Waals surface area (Å²) in [5.74, 6) is 0.168. The van der Waals surface area contributed by atoms with Gasteiger partial charge < -0.3 is 15.1 Å². The van der Waals surface area contributed by atoms with Crippen LogP contribution >= 0.6 is 0 Å². The zero-order valence-electron chi connectivity index (χ0n) is 15.7. The van der Waals surface area contributed by atoms with Gasteiger partial charge in [-0.05, 0) is 29.8 Å². The Bertz CT molecular complexity index is 692. The predicted octanol–water partition coefficient (Wildman–Crippen LogP) is 2.51. The van der Waals surface area contributed by atoms with E-state index in [2.05, 4.69) is 51.5 Å². The highest BCUT2D eigenvalue weighted by atomic mass is 16.2. The molecule has 1 fully saturated rings. The second kappa shape index (κ2) is 8.72. The molecule has 0 atom stereocenters. The van der Waals surface area contributed by atoms with Crippen LogP contribution < -0.4 is 10.2 Å². The van der Waals surface area contributed by atoms with Gasteiger partial charge in [0.05, 0.1) is 6.54 Å². The highest BCUT2D eigenvalue weighted by molar-refractivity contribution is 5.81. The molecule has 1 saturated heterocycles. The summed E-state index contributed by atoms with van der Waals surface area (Å²) in [4.78, 5) is 18.9. The van der Waals surface area contributed by atoms with Crippen molar-refractivity contribution >= 4 is 17.3 Å². The normalized spacial score (nSPS) is 14.9. The molecule has 0 aliphatic carbocycles. The number of nitrogens with one attached hydrogen (secondary N) is 1. The first-order valence-electron chi connectivity index (χ1n) is 9.17. The van der Waals surface area contributed by atoms with E-state index >= 15 is 0 Å². The molecule has 2 aromatic carbocycles. The number of rotatable bonds is 6. The van der Waals surface area contributed by atoms with E-state index < -0.39 is 0 Å².